The number of benzene rings is 1. The van der Waals surface area contributed by atoms with E-state index in [4.69, 9.17) is 0 Å². The van der Waals surface area contributed by atoms with Gasteiger partial charge >= 0.3 is 0 Å². The second kappa shape index (κ2) is 8.02. The van der Waals surface area contributed by atoms with Gasteiger partial charge < -0.3 is 25.0 Å². The lowest BCUT2D eigenvalue weighted by Crippen LogP contribution is -2.48. The Hall–Kier alpha value is -2.87. The van der Waals surface area contributed by atoms with Gasteiger partial charge in [-0.15, -0.1) is 0 Å². The number of fused-ring (bicyclic) bond motifs is 1. The molecule has 0 atom stereocenters. The third-order valence-electron chi connectivity index (χ3n) is 5.36. The molecule has 2 aliphatic heterocycles. The number of rotatable bonds is 3. The lowest BCUT2D eigenvalue weighted by atomic mass is 10.2. The fraction of sp³-hybridized carbons (Fsp3) is 0.450. The van der Waals surface area contributed by atoms with Crippen LogP contribution < -0.4 is 15.5 Å². The van der Waals surface area contributed by atoms with Crippen LogP contribution in [-0.2, 0) is 17.8 Å². The topological polar surface area (TPSA) is 82.5 Å². The van der Waals surface area contributed by atoms with Crippen LogP contribution >= 0.6 is 0 Å². The maximum Gasteiger partial charge on any atom is 0.275 e. The molecule has 1 aromatic carbocycles. The minimum absolute atomic E-state index is 0.130. The highest BCUT2D eigenvalue weighted by Gasteiger charge is 2.19. The summed E-state index contributed by atoms with van der Waals surface area (Å²) in [4.78, 5) is 32.6. The van der Waals surface area contributed by atoms with Gasteiger partial charge in [0.2, 0.25) is 5.91 Å². The largest absolute Gasteiger partial charge is 0.368 e. The smallest absolute Gasteiger partial charge is 0.275 e. The predicted molar refractivity (Wildman–Crippen MR) is 108 cm³/mol. The van der Waals surface area contributed by atoms with Crippen molar-refractivity contribution < 1.29 is 9.59 Å². The minimum atomic E-state index is -0.184. The Morgan fingerprint density at radius 1 is 1.04 bits per heavy atom. The molecule has 2 aliphatic rings. The van der Waals surface area contributed by atoms with Gasteiger partial charge in [-0.2, -0.15) is 0 Å². The van der Waals surface area contributed by atoms with Crippen molar-refractivity contribution >= 4 is 23.2 Å². The summed E-state index contributed by atoms with van der Waals surface area (Å²) in [6, 6.07) is 7.84. The molecule has 0 saturated carbocycles. The summed E-state index contributed by atoms with van der Waals surface area (Å²) in [7, 11) is 0. The van der Waals surface area contributed by atoms with E-state index in [0.29, 0.717) is 5.69 Å². The number of imidazole rings is 1. The maximum atomic E-state index is 12.6. The van der Waals surface area contributed by atoms with Gasteiger partial charge in [0, 0.05) is 76.7 Å². The van der Waals surface area contributed by atoms with Crippen LogP contribution in [0, 0.1) is 0 Å². The van der Waals surface area contributed by atoms with Gasteiger partial charge in [0.25, 0.3) is 5.91 Å². The Balaban J connectivity index is 1.37. The van der Waals surface area contributed by atoms with E-state index >= 15 is 0 Å². The zero-order chi connectivity index (χ0) is 19.5. The molecule has 0 spiro atoms. The summed E-state index contributed by atoms with van der Waals surface area (Å²) < 4.78 is 2.05. The van der Waals surface area contributed by atoms with Gasteiger partial charge in [-0.1, -0.05) is 0 Å². The molecule has 2 aromatic rings. The molecule has 0 unspecified atom stereocenters. The highest BCUT2D eigenvalue weighted by Crippen LogP contribution is 2.20. The lowest BCUT2D eigenvalue weighted by Gasteiger charge is -2.35. The molecular formula is C20H26N6O2. The first kappa shape index (κ1) is 18.5. The molecule has 1 fully saturated rings. The average molecular weight is 382 g/mol. The Morgan fingerprint density at radius 3 is 2.50 bits per heavy atom. The normalized spacial score (nSPS) is 17.0. The van der Waals surface area contributed by atoms with Gasteiger partial charge in [-0.05, 0) is 24.3 Å². The Morgan fingerprint density at radius 2 is 1.79 bits per heavy atom. The van der Waals surface area contributed by atoms with E-state index < -0.39 is 0 Å². The van der Waals surface area contributed by atoms with Crippen molar-refractivity contribution in [1.29, 1.82) is 0 Å². The third kappa shape index (κ3) is 4.01. The molecule has 148 valence electrons. The number of carbonyl (C=O) groups is 2. The average Bonchev–Trinajstić information content (AvgIpc) is 2.99. The summed E-state index contributed by atoms with van der Waals surface area (Å²) in [5.41, 5.74) is 2.31. The number of piperazine rings is 1. The number of aromatic nitrogens is 2. The van der Waals surface area contributed by atoms with Crippen molar-refractivity contribution in [1.82, 2.24) is 19.8 Å². The first-order chi connectivity index (χ1) is 13.6. The molecule has 1 saturated heterocycles. The molecule has 8 nitrogen and oxygen atoms in total. The lowest BCUT2D eigenvalue weighted by molar-refractivity contribution is -0.129. The highest BCUT2D eigenvalue weighted by atomic mass is 16.2. The number of carbonyl (C=O) groups excluding carboxylic acids is 2. The molecule has 0 aliphatic carbocycles. The van der Waals surface area contributed by atoms with E-state index in [-0.39, 0.29) is 11.8 Å². The molecule has 1 aromatic heterocycles. The van der Waals surface area contributed by atoms with Gasteiger partial charge in [-0.25, -0.2) is 4.98 Å². The van der Waals surface area contributed by atoms with E-state index in [1.807, 2.05) is 35.4 Å². The number of nitrogens with zero attached hydrogens (tertiary/aromatic N) is 4. The molecule has 2 amide bonds. The molecule has 3 heterocycles. The number of amides is 2. The zero-order valence-corrected chi connectivity index (χ0v) is 16.1. The number of nitrogens with one attached hydrogen (secondary N) is 2. The second-order valence-electron chi connectivity index (χ2n) is 7.23. The molecule has 8 heteroatoms. The summed E-state index contributed by atoms with van der Waals surface area (Å²) >= 11 is 0. The molecule has 2 N–H and O–H groups in total. The van der Waals surface area contributed by atoms with Crippen molar-refractivity contribution in [2.75, 3.05) is 49.5 Å². The van der Waals surface area contributed by atoms with Gasteiger partial charge in [0.05, 0.1) is 0 Å². The van der Waals surface area contributed by atoms with Crippen LogP contribution in [-0.4, -0.2) is 65.5 Å². The Labute approximate surface area is 164 Å². The first-order valence-electron chi connectivity index (χ1n) is 9.79. The molecule has 0 bridgehead atoms. The van der Waals surface area contributed by atoms with Crippen LogP contribution in [0.3, 0.4) is 0 Å². The van der Waals surface area contributed by atoms with Crippen molar-refractivity contribution in [2.24, 2.45) is 0 Å². The molecule has 4 rings (SSSR count). The van der Waals surface area contributed by atoms with E-state index in [0.717, 1.165) is 69.4 Å². The third-order valence-corrected chi connectivity index (χ3v) is 5.36. The van der Waals surface area contributed by atoms with Crippen molar-refractivity contribution in [3.63, 3.8) is 0 Å². The summed E-state index contributed by atoms with van der Waals surface area (Å²) in [6.07, 6.45) is 2.67. The van der Waals surface area contributed by atoms with E-state index in [1.165, 1.54) is 0 Å². The summed E-state index contributed by atoms with van der Waals surface area (Å²) in [5, 5.41) is 6.26. The monoisotopic (exact) mass is 382 g/mol. The van der Waals surface area contributed by atoms with Crippen molar-refractivity contribution in [3.05, 3.63) is 42.0 Å². The second-order valence-corrected chi connectivity index (χ2v) is 7.23. The molecule has 0 radical (unpaired) electrons. The Bertz CT molecular complexity index is 829. The van der Waals surface area contributed by atoms with Gasteiger partial charge in [0.15, 0.2) is 0 Å². The maximum absolute atomic E-state index is 12.6. The fourth-order valence-electron chi connectivity index (χ4n) is 3.71. The molecule has 28 heavy (non-hydrogen) atoms. The van der Waals surface area contributed by atoms with E-state index in [9.17, 15) is 9.59 Å². The minimum Gasteiger partial charge on any atom is -0.368 e. The van der Waals surface area contributed by atoms with Crippen LogP contribution in [0.5, 0.6) is 0 Å². The van der Waals surface area contributed by atoms with Crippen molar-refractivity contribution in [3.8, 4) is 0 Å². The van der Waals surface area contributed by atoms with Crippen LogP contribution in [0.1, 0.15) is 23.2 Å². The van der Waals surface area contributed by atoms with Crippen LogP contribution in [0.15, 0.2) is 30.5 Å². The first-order valence-corrected chi connectivity index (χ1v) is 9.79. The summed E-state index contributed by atoms with van der Waals surface area (Å²) in [5.74, 6) is 0.900. The van der Waals surface area contributed by atoms with Gasteiger partial charge in [0.1, 0.15) is 11.5 Å². The fourth-order valence-corrected chi connectivity index (χ4v) is 3.71. The zero-order valence-electron chi connectivity index (χ0n) is 16.1. The van der Waals surface area contributed by atoms with Crippen LogP contribution in [0.4, 0.5) is 11.4 Å². The van der Waals surface area contributed by atoms with Crippen LogP contribution in [0.25, 0.3) is 0 Å². The van der Waals surface area contributed by atoms with Gasteiger partial charge in [-0.3, -0.25) is 9.59 Å². The number of hydrogen-bond acceptors (Lipinski definition) is 5. The number of hydrogen-bond donors (Lipinski definition) is 2. The van der Waals surface area contributed by atoms with Crippen LogP contribution in [0.2, 0.25) is 0 Å². The number of anilines is 2. The highest BCUT2D eigenvalue weighted by molar-refractivity contribution is 6.02. The van der Waals surface area contributed by atoms with Crippen molar-refractivity contribution in [2.45, 2.75) is 19.9 Å². The quantitative estimate of drug-likeness (QED) is 0.826. The molecular weight excluding hydrogens is 356 g/mol. The Kier molecular flexibility index (Phi) is 5.29. The van der Waals surface area contributed by atoms with E-state index in [2.05, 4.69) is 25.1 Å². The standard InChI is InChI=1S/C20H26N6O2/c1-15(27)24-10-12-25(13-11-24)17-4-2-16(3-5-17)22-20(28)18-14-26-9-8-21-7-6-19(26)23-18/h2-5,14,21H,6-13H2,1H3,(H,22,28). The SMILES string of the molecule is CC(=O)N1CCN(c2ccc(NC(=O)c3cn4c(n3)CCNCC4)cc2)CC1. The summed E-state index contributed by atoms with van der Waals surface area (Å²) in [6.45, 7) is 7.36. The predicted octanol–water partition coefficient (Wildman–Crippen LogP) is 0.950. The van der Waals surface area contributed by atoms with E-state index in [1.54, 1.807) is 6.92 Å².